The fourth-order valence-electron chi connectivity index (χ4n) is 0.189. The Kier molecular flexibility index (Phi) is 15.8. The molecule has 0 saturated carbocycles. The Morgan fingerprint density at radius 1 is 1.38 bits per heavy atom. The van der Waals surface area contributed by atoms with E-state index in [1.165, 1.54) is 0 Å². The summed E-state index contributed by atoms with van der Waals surface area (Å²) in [5, 5.41) is 2.05. The molecule has 0 aromatic heterocycles. The Labute approximate surface area is 72.1 Å². The molecular weight excluding hydrogens is 131 g/mol. The van der Waals surface area contributed by atoms with Crippen LogP contribution in [0.5, 0.6) is 0 Å². The van der Waals surface area contributed by atoms with Gasteiger partial charge in [-0.3, -0.25) is 0 Å². The van der Waals surface area contributed by atoms with Gasteiger partial charge in [-0.05, 0) is 12.5 Å². The molecule has 0 atom stereocenters. The van der Waals surface area contributed by atoms with Crippen molar-refractivity contribution in [2.45, 2.75) is 0 Å². The van der Waals surface area contributed by atoms with E-state index in [0.717, 1.165) is 0 Å². The van der Waals surface area contributed by atoms with E-state index >= 15 is 0 Å². The SMILES string of the molecule is CS/C=C/[CH-]SC.[Li+]. The monoisotopic (exact) mass is 140 g/mol. The first-order chi connectivity index (χ1) is 3.41. The molecule has 0 rings (SSSR count). The van der Waals surface area contributed by atoms with Crippen molar-refractivity contribution in [3.8, 4) is 0 Å². The first-order valence-electron chi connectivity index (χ1n) is 1.95. The average molecular weight is 140 g/mol. The fraction of sp³-hybridized carbons (Fsp3) is 0.400. The van der Waals surface area contributed by atoms with Crippen molar-refractivity contribution in [1.82, 2.24) is 0 Å². The van der Waals surface area contributed by atoms with Gasteiger partial charge in [0.25, 0.3) is 0 Å². The van der Waals surface area contributed by atoms with Gasteiger partial charge in [0.1, 0.15) is 0 Å². The Morgan fingerprint density at radius 2 is 2.00 bits per heavy atom. The van der Waals surface area contributed by atoms with Crippen LogP contribution in [0.4, 0.5) is 0 Å². The minimum atomic E-state index is 0. The molecule has 3 heteroatoms. The van der Waals surface area contributed by atoms with Crippen LogP contribution in [0.3, 0.4) is 0 Å². The van der Waals surface area contributed by atoms with Gasteiger partial charge in [-0.2, -0.15) is 11.2 Å². The topological polar surface area (TPSA) is 0 Å². The number of thioether (sulfide) groups is 2. The van der Waals surface area contributed by atoms with Crippen molar-refractivity contribution >= 4 is 23.5 Å². The van der Waals surface area contributed by atoms with Gasteiger partial charge in [-0.25, -0.2) is 29.6 Å². The van der Waals surface area contributed by atoms with Gasteiger partial charge >= 0.3 is 18.9 Å². The van der Waals surface area contributed by atoms with Crippen LogP contribution in [-0.4, -0.2) is 12.5 Å². The molecule has 0 heterocycles. The van der Waals surface area contributed by atoms with Crippen molar-refractivity contribution in [1.29, 1.82) is 0 Å². The first-order valence-corrected chi connectivity index (χ1v) is 4.53. The average Bonchev–Trinajstić information content (AvgIpc) is 1.69. The van der Waals surface area contributed by atoms with Gasteiger partial charge in [0.2, 0.25) is 0 Å². The summed E-state index contributed by atoms with van der Waals surface area (Å²) in [6.07, 6.45) is 6.13. The molecule has 0 bridgehead atoms. The third-order valence-electron chi connectivity index (χ3n) is 0.429. The van der Waals surface area contributed by atoms with Crippen LogP contribution < -0.4 is 18.9 Å². The summed E-state index contributed by atoms with van der Waals surface area (Å²) in [5.74, 6) is 2.05. The van der Waals surface area contributed by atoms with Crippen molar-refractivity contribution in [2.75, 3.05) is 12.5 Å². The Morgan fingerprint density at radius 3 is 2.38 bits per heavy atom. The van der Waals surface area contributed by atoms with Crippen LogP contribution in [0, 0.1) is 5.75 Å². The number of rotatable bonds is 3. The van der Waals surface area contributed by atoms with Gasteiger partial charge in [-0.15, -0.1) is 0 Å². The van der Waals surface area contributed by atoms with Gasteiger partial charge < -0.3 is 0 Å². The van der Waals surface area contributed by atoms with E-state index in [0.29, 0.717) is 0 Å². The summed E-state index contributed by atoms with van der Waals surface area (Å²) in [7, 11) is 0. The zero-order chi connectivity index (χ0) is 5.54. The summed E-state index contributed by atoms with van der Waals surface area (Å²) in [6, 6.07) is 0. The maximum Gasteiger partial charge on any atom is 1.00 e. The van der Waals surface area contributed by atoms with Crippen LogP contribution in [-0.2, 0) is 0 Å². The van der Waals surface area contributed by atoms with Gasteiger partial charge in [-0.1, -0.05) is 0 Å². The Bertz CT molecular complexity index is 54.4. The van der Waals surface area contributed by atoms with E-state index in [1.807, 2.05) is 18.6 Å². The van der Waals surface area contributed by atoms with Gasteiger partial charge in [0.05, 0.1) is 0 Å². The molecule has 0 saturated heterocycles. The quantitative estimate of drug-likeness (QED) is 0.379. The predicted molar refractivity (Wildman–Crippen MR) is 40.5 cm³/mol. The van der Waals surface area contributed by atoms with Gasteiger partial charge in [0.15, 0.2) is 0 Å². The van der Waals surface area contributed by atoms with Crippen LogP contribution in [0.25, 0.3) is 0 Å². The van der Waals surface area contributed by atoms with Crippen LogP contribution in [0.1, 0.15) is 0 Å². The first kappa shape index (κ1) is 11.7. The molecule has 0 aliphatic carbocycles. The second kappa shape index (κ2) is 10.8. The number of hydrogen-bond acceptors (Lipinski definition) is 2. The molecule has 0 aliphatic rings. The number of hydrogen-bond donors (Lipinski definition) is 0. The summed E-state index contributed by atoms with van der Waals surface area (Å²) in [5.41, 5.74) is 0. The molecule has 0 aromatic carbocycles. The van der Waals surface area contributed by atoms with E-state index in [9.17, 15) is 0 Å². The molecule has 0 N–H and O–H groups in total. The summed E-state index contributed by atoms with van der Waals surface area (Å²) in [4.78, 5) is 0. The third kappa shape index (κ3) is 10.0. The smallest absolute Gasteiger partial charge is 0.238 e. The largest absolute Gasteiger partial charge is 1.00 e. The Hall–Kier alpha value is 0.907. The maximum atomic E-state index is 2.05. The molecule has 0 fully saturated rings. The van der Waals surface area contributed by atoms with Crippen LogP contribution in [0.2, 0.25) is 0 Å². The van der Waals surface area contributed by atoms with Crippen molar-refractivity contribution in [3.63, 3.8) is 0 Å². The summed E-state index contributed by atoms with van der Waals surface area (Å²) in [6.45, 7) is 0. The molecule has 0 nitrogen and oxygen atoms in total. The molecular formula is C5H9LiS2. The second-order valence-electron chi connectivity index (χ2n) is 0.936. The normalized spacial score (nSPS) is 8.75. The molecule has 0 amide bonds. The standard InChI is InChI=1S/C5H9S2.Li/c1-6-4-3-5-7-2;/h3-5H,1-2H3;/q-1;+1/b4-3+;. The van der Waals surface area contributed by atoms with Crippen LogP contribution in [0.15, 0.2) is 11.5 Å². The maximum absolute atomic E-state index is 2.05. The minimum absolute atomic E-state index is 0. The molecule has 0 radical (unpaired) electrons. The second-order valence-corrected chi connectivity index (χ2v) is 2.42. The fourth-order valence-corrected chi connectivity index (χ4v) is 0.760. The molecule has 42 valence electrons. The summed E-state index contributed by atoms with van der Waals surface area (Å²) >= 11 is 3.43. The van der Waals surface area contributed by atoms with Gasteiger partial charge in [0, 0.05) is 0 Å². The van der Waals surface area contributed by atoms with E-state index < -0.39 is 0 Å². The van der Waals surface area contributed by atoms with Crippen molar-refractivity contribution in [3.05, 3.63) is 17.2 Å². The molecule has 0 aromatic rings. The zero-order valence-electron chi connectivity index (χ0n) is 5.55. The molecule has 8 heavy (non-hydrogen) atoms. The zero-order valence-corrected chi connectivity index (χ0v) is 7.18. The van der Waals surface area contributed by atoms with Crippen LogP contribution >= 0.6 is 23.5 Å². The van der Waals surface area contributed by atoms with E-state index in [1.54, 1.807) is 23.5 Å². The van der Waals surface area contributed by atoms with E-state index in [2.05, 4.69) is 11.2 Å². The molecule has 0 unspecified atom stereocenters. The molecule has 0 spiro atoms. The third-order valence-corrected chi connectivity index (χ3v) is 1.29. The molecule has 0 aliphatic heterocycles. The van der Waals surface area contributed by atoms with E-state index in [-0.39, 0.29) is 18.9 Å². The Balaban J connectivity index is 0. The summed E-state index contributed by atoms with van der Waals surface area (Å²) < 4.78 is 0. The van der Waals surface area contributed by atoms with E-state index in [4.69, 9.17) is 0 Å². The van der Waals surface area contributed by atoms with Crippen molar-refractivity contribution < 1.29 is 18.9 Å². The predicted octanol–water partition coefficient (Wildman–Crippen LogP) is -0.608. The minimum Gasteiger partial charge on any atom is -0.238 e. The van der Waals surface area contributed by atoms with Crippen molar-refractivity contribution in [2.24, 2.45) is 0 Å².